The Bertz CT molecular complexity index is 1260. The molecule has 36 heavy (non-hydrogen) atoms. The first-order valence-electron chi connectivity index (χ1n) is 12.8. The average Bonchev–Trinajstić information content (AvgIpc) is 3.24. The number of hydrogen-bond acceptors (Lipinski definition) is 4. The van der Waals surface area contributed by atoms with Gasteiger partial charge in [0.15, 0.2) is 5.11 Å². The number of thiocarbonyl (C=S) groups is 1. The number of likely N-dealkylation sites (tertiary alicyclic amines) is 1. The number of piperazine rings is 1. The summed E-state index contributed by atoms with van der Waals surface area (Å²) in [6.07, 6.45) is 2.23. The number of piperidine rings is 1. The van der Waals surface area contributed by atoms with Crippen molar-refractivity contribution in [2.45, 2.75) is 31.3 Å². The monoisotopic (exact) mass is 506 g/mol. The molecule has 8 nitrogen and oxygen atoms in total. The lowest BCUT2D eigenvalue weighted by atomic mass is 10.0. The first kappa shape index (κ1) is 24.5. The van der Waals surface area contributed by atoms with E-state index in [1.165, 1.54) is 0 Å². The number of carbonyl (C=O) groups excluding carboxylic acids is 1. The van der Waals surface area contributed by atoms with Crippen molar-refractivity contribution in [1.29, 1.82) is 0 Å². The minimum atomic E-state index is -0.405. The Hall–Kier alpha value is -3.17. The minimum absolute atomic E-state index is 0.0592. The number of nitrogens with one attached hydrogen (secondary N) is 2. The van der Waals surface area contributed by atoms with E-state index in [4.69, 9.17) is 12.2 Å². The van der Waals surface area contributed by atoms with Crippen LogP contribution in [0.5, 0.6) is 0 Å². The van der Waals surface area contributed by atoms with Gasteiger partial charge in [-0.25, -0.2) is 4.79 Å². The molecule has 0 spiro atoms. The lowest BCUT2D eigenvalue weighted by molar-refractivity contribution is -0.134. The molecule has 9 heteroatoms. The summed E-state index contributed by atoms with van der Waals surface area (Å²) in [6, 6.07) is 17.6. The summed E-state index contributed by atoms with van der Waals surface area (Å²) in [5, 5.41) is 4.03. The van der Waals surface area contributed by atoms with Gasteiger partial charge in [-0.15, -0.1) is 0 Å². The fourth-order valence-corrected chi connectivity index (χ4v) is 5.63. The predicted octanol–water partition coefficient (Wildman–Crippen LogP) is 2.23. The van der Waals surface area contributed by atoms with Crippen molar-refractivity contribution in [2.24, 2.45) is 0 Å². The van der Waals surface area contributed by atoms with E-state index in [1.807, 2.05) is 51.9 Å². The summed E-state index contributed by atoms with van der Waals surface area (Å²) in [5.74, 6) is 0.106. The highest BCUT2D eigenvalue weighted by Crippen LogP contribution is 2.25. The number of rotatable bonds is 5. The number of aromatic nitrogens is 2. The third-order valence-corrected chi connectivity index (χ3v) is 7.81. The van der Waals surface area contributed by atoms with Crippen molar-refractivity contribution >= 4 is 34.3 Å². The van der Waals surface area contributed by atoms with E-state index in [-0.39, 0.29) is 17.6 Å². The number of carbonyl (C=O) groups is 1. The smallest absolute Gasteiger partial charge is 0.326 e. The maximum atomic E-state index is 13.5. The van der Waals surface area contributed by atoms with Crippen molar-refractivity contribution in [3.8, 4) is 0 Å². The van der Waals surface area contributed by atoms with Gasteiger partial charge >= 0.3 is 5.69 Å². The second-order valence-corrected chi connectivity index (χ2v) is 10.2. The summed E-state index contributed by atoms with van der Waals surface area (Å²) in [6.45, 7) is 4.72. The summed E-state index contributed by atoms with van der Waals surface area (Å²) in [4.78, 5) is 35.5. The molecular weight excluding hydrogens is 472 g/mol. The summed E-state index contributed by atoms with van der Waals surface area (Å²) in [5.41, 5.74) is 2.87. The number of fused-ring (bicyclic) bond motifs is 1. The molecule has 1 atom stereocenters. The zero-order valence-corrected chi connectivity index (χ0v) is 21.5. The lowest BCUT2D eigenvalue weighted by Crippen LogP contribution is -2.57. The molecule has 2 saturated heterocycles. The molecule has 3 heterocycles. The highest BCUT2D eigenvalue weighted by molar-refractivity contribution is 7.80. The first-order chi connectivity index (χ1) is 17.5. The van der Waals surface area contributed by atoms with E-state index in [1.54, 1.807) is 0 Å². The Morgan fingerprint density at radius 1 is 0.972 bits per heavy atom. The number of benzene rings is 2. The zero-order valence-electron chi connectivity index (χ0n) is 20.7. The highest BCUT2D eigenvalue weighted by atomic mass is 32.1. The van der Waals surface area contributed by atoms with Crippen LogP contribution in [0.3, 0.4) is 0 Å². The van der Waals surface area contributed by atoms with Crippen LogP contribution < -0.4 is 11.0 Å². The quantitative estimate of drug-likeness (QED) is 0.517. The number of para-hydroxylation sites is 2. The van der Waals surface area contributed by atoms with Crippen LogP contribution in [-0.2, 0) is 11.2 Å². The number of hydrogen-bond donors (Lipinski definition) is 2. The second-order valence-electron chi connectivity index (χ2n) is 9.86. The van der Waals surface area contributed by atoms with Gasteiger partial charge in [0.1, 0.15) is 6.04 Å². The van der Waals surface area contributed by atoms with Gasteiger partial charge in [0.25, 0.3) is 0 Å². The van der Waals surface area contributed by atoms with E-state index in [0.29, 0.717) is 11.5 Å². The fourth-order valence-electron chi connectivity index (χ4n) is 5.30. The van der Waals surface area contributed by atoms with E-state index >= 15 is 0 Å². The Morgan fingerprint density at radius 3 is 2.36 bits per heavy atom. The van der Waals surface area contributed by atoms with Gasteiger partial charge in [-0.3, -0.25) is 9.36 Å². The van der Waals surface area contributed by atoms with E-state index in [9.17, 15) is 9.59 Å². The van der Waals surface area contributed by atoms with Crippen LogP contribution in [0.1, 0.15) is 24.4 Å². The van der Waals surface area contributed by atoms with Crippen LogP contribution in [-0.4, -0.2) is 87.6 Å². The fraction of sp³-hybridized carbons (Fsp3) is 0.444. The normalized spacial score (nSPS) is 18.4. The van der Waals surface area contributed by atoms with Gasteiger partial charge in [0.2, 0.25) is 5.91 Å². The highest BCUT2D eigenvalue weighted by Gasteiger charge is 2.30. The van der Waals surface area contributed by atoms with Gasteiger partial charge in [-0.1, -0.05) is 42.5 Å². The predicted molar refractivity (Wildman–Crippen MR) is 146 cm³/mol. The molecule has 0 bridgehead atoms. The summed E-state index contributed by atoms with van der Waals surface area (Å²) < 4.78 is 1.89. The van der Waals surface area contributed by atoms with Crippen molar-refractivity contribution in [3.63, 3.8) is 0 Å². The second kappa shape index (κ2) is 10.8. The molecule has 1 aromatic heterocycles. The maximum Gasteiger partial charge on any atom is 0.326 e. The first-order valence-corrected chi connectivity index (χ1v) is 13.2. The number of likely N-dealkylation sites (N-methyl/N-ethyl adjacent to an activating group) is 1. The lowest BCUT2D eigenvalue weighted by Gasteiger charge is -2.37. The Balaban J connectivity index is 1.25. The molecule has 1 amide bonds. The minimum Gasteiger partial charge on any atom is -0.350 e. The molecule has 2 aliphatic heterocycles. The molecule has 2 N–H and O–H groups in total. The largest absolute Gasteiger partial charge is 0.350 e. The summed E-state index contributed by atoms with van der Waals surface area (Å²) >= 11 is 5.81. The molecule has 2 fully saturated rings. The maximum absolute atomic E-state index is 13.5. The molecule has 0 aliphatic carbocycles. The van der Waals surface area contributed by atoms with Gasteiger partial charge in [0, 0.05) is 51.7 Å². The number of imidazole rings is 1. The molecule has 0 radical (unpaired) electrons. The van der Waals surface area contributed by atoms with E-state index in [2.05, 4.69) is 39.3 Å². The molecule has 1 unspecified atom stereocenters. The molecule has 0 saturated carbocycles. The van der Waals surface area contributed by atoms with Gasteiger partial charge in [-0.05, 0) is 49.8 Å². The number of aromatic amines is 1. The van der Waals surface area contributed by atoms with Crippen LogP contribution in [0.25, 0.3) is 11.0 Å². The molecule has 5 rings (SSSR count). The van der Waals surface area contributed by atoms with E-state index in [0.717, 1.165) is 68.7 Å². The topological polar surface area (TPSA) is 76.6 Å². The van der Waals surface area contributed by atoms with Gasteiger partial charge < -0.3 is 25.0 Å². The van der Waals surface area contributed by atoms with Crippen LogP contribution >= 0.6 is 12.2 Å². The van der Waals surface area contributed by atoms with Crippen molar-refractivity contribution in [2.75, 3.05) is 46.3 Å². The molecular formula is C27H34N6O2S. The van der Waals surface area contributed by atoms with E-state index < -0.39 is 6.04 Å². The van der Waals surface area contributed by atoms with Crippen LogP contribution in [0, 0.1) is 0 Å². The average molecular weight is 507 g/mol. The number of H-pyrrole nitrogens is 1. The molecule has 190 valence electrons. The third kappa shape index (κ3) is 5.32. The standard InChI is InChI=1S/C27H34N6O2S/c1-30-15-17-31(18-16-30)25(34)23(19-20-7-3-2-4-8-20)29-27(36)32-13-11-21(12-14-32)33-24-10-6-5-9-22(24)28-26(33)35/h2-10,21,23H,11-19H2,1H3,(H,28,35)(H,29,36). The van der Waals surface area contributed by atoms with Crippen LogP contribution in [0.2, 0.25) is 0 Å². The third-order valence-electron chi connectivity index (χ3n) is 7.43. The van der Waals surface area contributed by atoms with Crippen LogP contribution in [0.15, 0.2) is 59.4 Å². The van der Waals surface area contributed by atoms with Crippen molar-refractivity contribution in [1.82, 2.24) is 29.6 Å². The summed E-state index contributed by atoms with van der Waals surface area (Å²) in [7, 11) is 2.09. The molecule has 2 aliphatic rings. The van der Waals surface area contributed by atoms with Gasteiger partial charge in [0.05, 0.1) is 11.0 Å². The van der Waals surface area contributed by atoms with Gasteiger partial charge in [-0.2, -0.15) is 0 Å². The van der Waals surface area contributed by atoms with Crippen molar-refractivity contribution in [3.05, 3.63) is 70.6 Å². The number of amides is 1. The SMILES string of the molecule is CN1CCN(C(=O)C(Cc2ccccc2)NC(=S)N2CCC(n3c(=O)[nH]c4ccccc43)CC2)CC1. The number of nitrogens with zero attached hydrogens (tertiary/aromatic N) is 4. The Morgan fingerprint density at radius 2 is 1.64 bits per heavy atom. The van der Waals surface area contributed by atoms with Crippen LogP contribution in [0.4, 0.5) is 0 Å². The Kier molecular flexibility index (Phi) is 7.38. The molecule has 3 aromatic rings. The zero-order chi connectivity index (χ0) is 25.1. The van der Waals surface area contributed by atoms with Crippen molar-refractivity contribution < 1.29 is 4.79 Å². The Labute approximate surface area is 216 Å². The molecule has 2 aromatic carbocycles.